The second-order valence-electron chi connectivity index (χ2n) is 5.09. The van der Waals surface area contributed by atoms with Crippen LogP contribution in [0.1, 0.15) is 39.7 Å². The van der Waals surface area contributed by atoms with Crippen LogP contribution >= 0.6 is 11.3 Å². The lowest BCUT2D eigenvalue weighted by Gasteiger charge is -2.15. The van der Waals surface area contributed by atoms with Crippen molar-refractivity contribution in [2.45, 2.75) is 39.8 Å². The first-order valence-electron chi connectivity index (χ1n) is 7.06. The molecular weight excluding hydrogens is 266 g/mol. The fraction of sp³-hybridized carbons (Fsp3) is 0.438. The monoisotopic (exact) mass is 289 g/mol. The molecule has 0 aliphatic rings. The smallest absolute Gasteiger partial charge is 0.0900 e. The Hall–Kier alpha value is -1.23. The van der Waals surface area contributed by atoms with E-state index in [0.717, 1.165) is 23.7 Å². The lowest BCUT2D eigenvalue weighted by molar-refractivity contribution is 0.577. The van der Waals surface area contributed by atoms with Gasteiger partial charge in [-0.2, -0.15) is 0 Å². The van der Waals surface area contributed by atoms with E-state index in [1.54, 1.807) is 11.3 Å². The van der Waals surface area contributed by atoms with Gasteiger partial charge in [-0.1, -0.05) is 24.3 Å². The van der Waals surface area contributed by atoms with Gasteiger partial charge in [0, 0.05) is 17.5 Å². The molecule has 4 heteroatoms. The maximum absolute atomic E-state index is 5.67. The third-order valence-corrected chi connectivity index (χ3v) is 4.72. The molecule has 1 aromatic carbocycles. The van der Waals surface area contributed by atoms with Crippen molar-refractivity contribution in [3.05, 3.63) is 51.0 Å². The zero-order valence-corrected chi connectivity index (χ0v) is 13.3. The van der Waals surface area contributed by atoms with Crippen LogP contribution in [-0.2, 0) is 13.0 Å². The highest BCUT2D eigenvalue weighted by atomic mass is 32.1. The van der Waals surface area contributed by atoms with Gasteiger partial charge in [0.2, 0.25) is 0 Å². The van der Waals surface area contributed by atoms with Crippen molar-refractivity contribution >= 4 is 11.3 Å². The van der Waals surface area contributed by atoms with E-state index in [0.29, 0.717) is 12.6 Å². The molecule has 2 rings (SSSR count). The first kappa shape index (κ1) is 15.2. The molecule has 0 aliphatic carbocycles. The summed E-state index contributed by atoms with van der Waals surface area (Å²) in [6.45, 7) is 7.91. The first-order valence-corrected chi connectivity index (χ1v) is 7.87. The average molecular weight is 289 g/mol. The van der Waals surface area contributed by atoms with E-state index in [1.165, 1.54) is 16.0 Å². The van der Waals surface area contributed by atoms with E-state index >= 15 is 0 Å². The lowest BCUT2D eigenvalue weighted by atomic mass is 10.0. The number of thiazole rings is 1. The largest absolute Gasteiger partial charge is 0.330 e. The molecular formula is C16H23N3S. The topological polar surface area (TPSA) is 50.9 Å². The number of aryl methyl sites for hydroxylation is 2. The molecule has 0 aliphatic heterocycles. The molecule has 0 amide bonds. The van der Waals surface area contributed by atoms with Gasteiger partial charge < -0.3 is 11.1 Å². The third-order valence-electron chi connectivity index (χ3n) is 3.46. The summed E-state index contributed by atoms with van der Waals surface area (Å²) in [5, 5.41) is 4.73. The molecule has 0 radical (unpaired) electrons. The standard InChI is InChI=1S/C16H23N3S/c1-11(16-12(2)19-13(3)20-16)18-10-15-7-5-4-6-14(15)8-9-17/h4-7,11,18H,8-10,17H2,1-3H3. The van der Waals surface area contributed by atoms with Crippen LogP contribution in [-0.4, -0.2) is 11.5 Å². The minimum Gasteiger partial charge on any atom is -0.330 e. The molecule has 0 spiro atoms. The van der Waals surface area contributed by atoms with E-state index in [-0.39, 0.29) is 0 Å². The molecule has 1 unspecified atom stereocenters. The maximum atomic E-state index is 5.67. The predicted octanol–water partition coefficient (Wildman–Crippen LogP) is 3.11. The molecule has 2 aromatic rings. The molecule has 1 atom stereocenters. The van der Waals surface area contributed by atoms with Crippen LogP contribution in [0.25, 0.3) is 0 Å². The highest BCUT2D eigenvalue weighted by Crippen LogP contribution is 2.24. The summed E-state index contributed by atoms with van der Waals surface area (Å²) in [4.78, 5) is 5.83. The van der Waals surface area contributed by atoms with Crippen LogP contribution in [0.15, 0.2) is 24.3 Å². The zero-order chi connectivity index (χ0) is 14.5. The van der Waals surface area contributed by atoms with E-state index in [2.05, 4.69) is 55.3 Å². The Balaban J connectivity index is 2.03. The summed E-state index contributed by atoms with van der Waals surface area (Å²) >= 11 is 1.78. The minimum atomic E-state index is 0.326. The Morgan fingerprint density at radius 2 is 1.95 bits per heavy atom. The van der Waals surface area contributed by atoms with Crippen molar-refractivity contribution in [1.29, 1.82) is 0 Å². The van der Waals surface area contributed by atoms with Crippen LogP contribution in [0.4, 0.5) is 0 Å². The number of aromatic nitrogens is 1. The van der Waals surface area contributed by atoms with E-state index < -0.39 is 0 Å². The molecule has 108 valence electrons. The zero-order valence-electron chi connectivity index (χ0n) is 12.4. The lowest BCUT2D eigenvalue weighted by Crippen LogP contribution is -2.19. The molecule has 1 aromatic heterocycles. The van der Waals surface area contributed by atoms with Crippen LogP contribution in [0.5, 0.6) is 0 Å². The SMILES string of the molecule is Cc1nc(C)c(C(C)NCc2ccccc2CCN)s1. The second-order valence-corrected chi connectivity index (χ2v) is 6.33. The summed E-state index contributed by atoms with van der Waals surface area (Å²) in [5.74, 6) is 0. The number of hydrogen-bond donors (Lipinski definition) is 2. The summed E-state index contributed by atoms with van der Waals surface area (Å²) in [7, 11) is 0. The number of nitrogens with two attached hydrogens (primary N) is 1. The Labute approximate surface area is 125 Å². The highest BCUT2D eigenvalue weighted by molar-refractivity contribution is 7.11. The van der Waals surface area contributed by atoms with Crippen LogP contribution in [0.2, 0.25) is 0 Å². The quantitative estimate of drug-likeness (QED) is 0.859. The van der Waals surface area contributed by atoms with Gasteiger partial charge >= 0.3 is 0 Å². The Morgan fingerprint density at radius 3 is 2.55 bits per heavy atom. The normalized spacial score (nSPS) is 12.6. The van der Waals surface area contributed by atoms with E-state index in [4.69, 9.17) is 5.73 Å². The number of hydrogen-bond acceptors (Lipinski definition) is 4. The van der Waals surface area contributed by atoms with Crippen molar-refractivity contribution in [3.63, 3.8) is 0 Å². The summed E-state index contributed by atoms with van der Waals surface area (Å²) in [6.07, 6.45) is 0.935. The molecule has 0 fully saturated rings. The molecule has 3 N–H and O–H groups in total. The minimum absolute atomic E-state index is 0.326. The van der Waals surface area contributed by atoms with Crippen LogP contribution < -0.4 is 11.1 Å². The van der Waals surface area contributed by atoms with Crippen molar-refractivity contribution in [1.82, 2.24) is 10.3 Å². The van der Waals surface area contributed by atoms with Gasteiger partial charge in [-0.15, -0.1) is 11.3 Å². The molecule has 0 bridgehead atoms. The molecule has 0 saturated heterocycles. The van der Waals surface area contributed by atoms with Crippen LogP contribution in [0.3, 0.4) is 0 Å². The maximum Gasteiger partial charge on any atom is 0.0900 e. The van der Waals surface area contributed by atoms with Gasteiger partial charge in [0.15, 0.2) is 0 Å². The van der Waals surface area contributed by atoms with Crippen molar-refractivity contribution in [2.24, 2.45) is 5.73 Å². The van der Waals surface area contributed by atoms with Gasteiger partial charge in [-0.05, 0) is 44.9 Å². The number of benzene rings is 1. The molecule has 3 nitrogen and oxygen atoms in total. The van der Waals surface area contributed by atoms with Gasteiger partial charge in [0.1, 0.15) is 0 Å². The Bertz CT molecular complexity index is 563. The fourth-order valence-corrected chi connectivity index (χ4v) is 3.39. The first-order chi connectivity index (χ1) is 9.61. The summed E-state index contributed by atoms with van der Waals surface area (Å²) < 4.78 is 0. The third kappa shape index (κ3) is 3.66. The van der Waals surface area contributed by atoms with E-state index in [1.807, 2.05) is 0 Å². The summed E-state index contributed by atoms with van der Waals surface area (Å²) in [5.41, 5.74) is 9.49. The van der Waals surface area contributed by atoms with Gasteiger partial charge in [0.25, 0.3) is 0 Å². The summed E-state index contributed by atoms with van der Waals surface area (Å²) in [6, 6.07) is 8.83. The average Bonchev–Trinajstić information content (AvgIpc) is 2.77. The van der Waals surface area contributed by atoms with Crippen molar-refractivity contribution in [3.8, 4) is 0 Å². The number of nitrogens with one attached hydrogen (secondary N) is 1. The Morgan fingerprint density at radius 1 is 1.25 bits per heavy atom. The number of nitrogens with zero attached hydrogens (tertiary/aromatic N) is 1. The number of rotatable bonds is 6. The van der Waals surface area contributed by atoms with E-state index in [9.17, 15) is 0 Å². The van der Waals surface area contributed by atoms with Gasteiger partial charge in [-0.3, -0.25) is 0 Å². The second kappa shape index (κ2) is 6.97. The fourth-order valence-electron chi connectivity index (χ4n) is 2.43. The van der Waals surface area contributed by atoms with Crippen LogP contribution in [0, 0.1) is 13.8 Å². The highest BCUT2D eigenvalue weighted by Gasteiger charge is 2.12. The van der Waals surface area contributed by atoms with Crippen molar-refractivity contribution < 1.29 is 0 Å². The Kier molecular flexibility index (Phi) is 5.29. The van der Waals surface area contributed by atoms with Gasteiger partial charge in [-0.25, -0.2) is 4.98 Å². The molecule has 0 saturated carbocycles. The van der Waals surface area contributed by atoms with Crippen molar-refractivity contribution in [2.75, 3.05) is 6.54 Å². The molecule has 1 heterocycles. The molecule has 20 heavy (non-hydrogen) atoms. The predicted molar refractivity (Wildman–Crippen MR) is 86.0 cm³/mol. The van der Waals surface area contributed by atoms with Gasteiger partial charge in [0.05, 0.1) is 10.7 Å².